The van der Waals surface area contributed by atoms with Crippen LogP contribution in [-0.4, -0.2) is 50.8 Å². The van der Waals surface area contributed by atoms with Gasteiger partial charge in [0.25, 0.3) is 0 Å². The van der Waals surface area contributed by atoms with Crippen LogP contribution >= 0.6 is 0 Å². The summed E-state index contributed by atoms with van der Waals surface area (Å²) in [5, 5.41) is 5.15. The van der Waals surface area contributed by atoms with E-state index < -0.39 is 27.9 Å². The molecule has 2 aromatic carbocycles. The van der Waals surface area contributed by atoms with Crippen molar-refractivity contribution in [3.05, 3.63) is 59.2 Å². The maximum atomic E-state index is 13.2. The van der Waals surface area contributed by atoms with Crippen molar-refractivity contribution < 1.29 is 22.7 Å². The fraction of sp³-hybridized carbons (Fsp3) is 0.391. The molecular formula is C23H29N3O5S. The van der Waals surface area contributed by atoms with Crippen LogP contribution in [0.15, 0.2) is 47.4 Å². The summed E-state index contributed by atoms with van der Waals surface area (Å²) in [7, 11) is -2.16. The minimum Gasteiger partial charge on any atom is -0.496 e. The standard InChI is InChI=1S/C23H29N3O5S/c1-16-10-11-17(2)21(13-16)32(29,30)26-12-6-8-19(26)15-25-23(28)22(27)24-14-18-7-4-5-9-20(18)31-3/h4-5,7,9-11,13,19H,6,8,12,14-15H2,1-3H3,(H,24,27)(H,25,28)/t19-/m0/s1. The van der Waals surface area contributed by atoms with Gasteiger partial charge >= 0.3 is 11.8 Å². The third-order valence-corrected chi connectivity index (χ3v) is 7.68. The Balaban J connectivity index is 1.60. The number of ether oxygens (including phenoxy) is 1. The van der Waals surface area contributed by atoms with Gasteiger partial charge in [-0.1, -0.05) is 30.3 Å². The van der Waals surface area contributed by atoms with E-state index in [0.717, 1.165) is 11.1 Å². The van der Waals surface area contributed by atoms with Gasteiger partial charge in [0.2, 0.25) is 10.0 Å². The zero-order valence-corrected chi connectivity index (χ0v) is 19.4. The maximum Gasteiger partial charge on any atom is 0.309 e. The summed E-state index contributed by atoms with van der Waals surface area (Å²) in [4.78, 5) is 24.8. The lowest BCUT2D eigenvalue weighted by Crippen LogP contribution is -2.47. The van der Waals surface area contributed by atoms with Crippen LogP contribution < -0.4 is 15.4 Å². The van der Waals surface area contributed by atoms with Crippen molar-refractivity contribution in [3.8, 4) is 5.75 Å². The largest absolute Gasteiger partial charge is 0.496 e. The number of carbonyl (C=O) groups excluding carboxylic acids is 2. The smallest absolute Gasteiger partial charge is 0.309 e. The fourth-order valence-electron chi connectivity index (χ4n) is 3.84. The molecule has 1 saturated heterocycles. The average molecular weight is 460 g/mol. The summed E-state index contributed by atoms with van der Waals surface area (Å²) in [6.45, 7) is 4.23. The molecular weight excluding hydrogens is 430 g/mol. The molecule has 0 aliphatic carbocycles. The zero-order chi connectivity index (χ0) is 23.3. The first-order valence-electron chi connectivity index (χ1n) is 10.5. The van der Waals surface area contributed by atoms with E-state index in [1.165, 1.54) is 11.4 Å². The van der Waals surface area contributed by atoms with Crippen LogP contribution in [0.25, 0.3) is 0 Å². The normalized spacial score (nSPS) is 16.5. The molecule has 0 saturated carbocycles. The number of nitrogens with one attached hydrogen (secondary N) is 2. The molecule has 1 atom stereocenters. The lowest BCUT2D eigenvalue weighted by molar-refractivity contribution is -0.139. The molecule has 1 aliphatic heterocycles. The molecule has 1 heterocycles. The van der Waals surface area contributed by atoms with Gasteiger partial charge in [-0.3, -0.25) is 9.59 Å². The average Bonchev–Trinajstić information content (AvgIpc) is 3.27. The van der Waals surface area contributed by atoms with Crippen molar-refractivity contribution >= 4 is 21.8 Å². The second-order valence-electron chi connectivity index (χ2n) is 7.89. The molecule has 0 radical (unpaired) electrons. The number of amides is 2. The molecule has 0 aromatic heterocycles. The molecule has 0 spiro atoms. The van der Waals surface area contributed by atoms with E-state index in [-0.39, 0.29) is 18.0 Å². The van der Waals surface area contributed by atoms with E-state index in [4.69, 9.17) is 4.74 Å². The van der Waals surface area contributed by atoms with Crippen molar-refractivity contribution in [2.75, 3.05) is 20.2 Å². The number of methoxy groups -OCH3 is 1. The number of carbonyl (C=O) groups is 2. The molecule has 172 valence electrons. The Bertz CT molecular complexity index is 1100. The van der Waals surface area contributed by atoms with E-state index in [1.54, 1.807) is 31.2 Å². The SMILES string of the molecule is COc1ccccc1CNC(=O)C(=O)NC[C@@H]1CCCN1S(=O)(=O)c1cc(C)ccc1C. The van der Waals surface area contributed by atoms with Gasteiger partial charge in [0.15, 0.2) is 0 Å². The maximum absolute atomic E-state index is 13.2. The number of nitrogens with zero attached hydrogens (tertiary/aromatic N) is 1. The Hall–Kier alpha value is -2.91. The molecule has 8 nitrogen and oxygen atoms in total. The molecule has 32 heavy (non-hydrogen) atoms. The van der Waals surface area contributed by atoms with Crippen LogP contribution in [0.3, 0.4) is 0 Å². The highest BCUT2D eigenvalue weighted by atomic mass is 32.2. The van der Waals surface area contributed by atoms with Crippen LogP contribution in [0.1, 0.15) is 29.5 Å². The Morgan fingerprint density at radius 1 is 1.09 bits per heavy atom. The topological polar surface area (TPSA) is 105 Å². The Morgan fingerprint density at radius 3 is 2.56 bits per heavy atom. The molecule has 2 aromatic rings. The third-order valence-electron chi connectivity index (χ3n) is 5.59. The summed E-state index contributed by atoms with van der Waals surface area (Å²) in [5.74, 6) is -0.958. The summed E-state index contributed by atoms with van der Waals surface area (Å²) in [5.41, 5.74) is 2.30. The Labute approximate surface area is 189 Å². The van der Waals surface area contributed by atoms with E-state index in [9.17, 15) is 18.0 Å². The third kappa shape index (κ3) is 5.28. The number of sulfonamides is 1. The van der Waals surface area contributed by atoms with Crippen molar-refractivity contribution in [1.82, 2.24) is 14.9 Å². The second-order valence-corrected chi connectivity index (χ2v) is 9.74. The number of para-hydroxylation sites is 1. The number of aryl methyl sites for hydroxylation is 2. The first-order chi connectivity index (χ1) is 15.2. The number of hydrogen-bond donors (Lipinski definition) is 2. The summed E-state index contributed by atoms with van der Waals surface area (Å²) in [6, 6.07) is 12.1. The van der Waals surface area contributed by atoms with Gasteiger partial charge in [-0.2, -0.15) is 4.31 Å². The number of benzene rings is 2. The van der Waals surface area contributed by atoms with Gasteiger partial charge in [-0.25, -0.2) is 8.42 Å². The lowest BCUT2D eigenvalue weighted by Gasteiger charge is -2.25. The van der Waals surface area contributed by atoms with Gasteiger partial charge in [0, 0.05) is 31.2 Å². The lowest BCUT2D eigenvalue weighted by atomic mass is 10.2. The fourth-order valence-corrected chi connectivity index (χ4v) is 5.84. The predicted molar refractivity (Wildman–Crippen MR) is 121 cm³/mol. The summed E-state index contributed by atoms with van der Waals surface area (Å²) >= 11 is 0. The first kappa shape index (κ1) is 23.7. The van der Waals surface area contributed by atoms with Crippen LogP contribution in [0.5, 0.6) is 5.75 Å². The second kappa shape index (κ2) is 10.1. The van der Waals surface area contributed by atoms with Crippen LogP contribution in [0, 0.1) is 13.8 Å². The van der Waals surface area contributed by atoms with Gasteiger partial charge in [-0.15, -0.1) is 0 Å². The van der Waals surface area contributed by atoms with Crippen LogP contribution in [-0.2, 0) is 26.2 Å². The minimum absolute atomic E-state index is 0.0744. The van der Waals surface area contributed by atoms with E-state index in [1.807, 2.05) is 25.1 Å². The summed E-state index contributed by atoms with van der Waals surface area (Å²) in [6.07, 6.45) is 1.32. The van der Waals surface area contributed by atoms with E-state index in [0.29, 0.717) is 30.7 Å². The molecule has 0 unspecified atom stereocenters. The number of rotatable bonds is 7. The molecule has 9 heteroatoms. The quantitative estimate of drug-likeness (QED) is 0.616. The van der Waals surface area contributed by atoms with Gasteiger partial charge in [0.05, 0.1) is 12.0 Å². The van der Waals surface area contributed by atoms with Crippen molar-refractivity contribution in [1.29, 1.82) is 0 Å². The Kier molecular flexibility index (Phi) is 7.52. The molecule has 2 N–H and O–H groups in total. The predicted octanol–water partition coefficient (Wildman–Crippen LogP) is 1.90. The van der Waals surface area contributed by atoms with Crippen molar-refractivity contribution in [3.63, 3.8) is 0 Å². The molecule has 3 rings (SSSR count). The molecule has 2 amide bonds. The van der Waals surface area contributed by atoms with Gasteiger partial charge < -0.3 is 15.4 Å². The first-order valence-corrected chi connectivity index (χ1v) is 11.9. The summed E-state index contributed by atoms with van der Waals surface area (Å²) < 4.78 is 33.1. The highest BCUT2D eigenvalue weighted by Crippen LogP contribution is 2.28. The van der Waals surface area contributed by atoms with E-state index >= 15 is 0 Å². The Morgan fingerprint density at radius 2 is 1.81 bits per heavy atom. The highest BCUT2D eigenvalue weighted by molar-refractivity contribution is 7.89. The zero-order valence-electron chi connectivity index (χ0n) is 18.6. The van der Waals surface area contributed by atoms with Gasteiger partial charge in [-0.05, 0) is 49.9 Å². The molecule has 1 fully saturated rings. The number of hydrogen-bond acceptors (Lipinski definition) is 5. The monoisotopic (exact) mass is 459 g/mol. The van der Waals surface area contributed by atoms with E-state index in [2.05, 4.69) is 10.6 Å². The van der Waals surface area contributed by atoms with Gasteiger partial charge in [0.1, 0.15) is 5.75 Å². The molecule has 1 aliphatic rings. The molecule has 0 bridgehead atoms. The minimum atomic E-state index is -3.70. The van der Waals surface area contributed by atoms with Crippen LogP contribution in [0.2, 0.25) is 0 Å². The van der Waals surface area contributed by atoms with Crippen molar-refractivity contribution in [2.45, 2.75) is 44.2 Å². The van der Waals surface area contributed by atoms with Crippen LogP contribution in [0.4, 0.5) is 0 Å². The van der Waals surface area contributed by atoms with Crippen molar-refractivity contribution in [2.24, 2.45) is 0 Å². The highest BCUT2D eigenvalue weighted by Gasteiger charge is 2.36.